The van der Waals surface area contributed by atoms with Gasteiger partial charge in [-0.25, -0.2) is 0 Å². The smallest absolute Gasteiger partial charge is 0.393 e. The summed E-state index contributed by atoms with van der Waals surface area (Å²) in [6.45, 7) is 1.68. The Bertz CT molecular complexity index is 940. The van der Waals surface area contributed by atoms with Crippen LogP contribution in [0.4, 0.5) is 5.82 Å². The highest BCUT2D eigenvalue weighted by Gasteiger charge is 2.27. The first-order chi connectivity index (χ1) is 13.7. The SMILES string of the molecule is O=[N+]([O-])c1cc2n(n1)CC(OCc1ccc(OCc3ccccc3)cc1)CO2. The molecule has 28 heavy (non-hydrogen) atoms. The summed E-state index contributed by atoms with van der Waals surface area (Å²) in [6, 6.07) is 19.0. The number of nitrogens with zero attached hydrogens (tertiary/aromatic N) is 3. The van der Waals surface area contributed by atoms with E-state index in [1.54, 1.807) is 0 Å². The van der Waals surface area contributed by atoms with Gasteiger partial charge in [0.05, 0.1) is 18.3 Å². The van der Waals surface area contributed by atoms with Crippen LogP contribution in [0.1, 0.15) is 11.1 Å². The summed E-state index contributed by atoms with van der Waals surface area (Å²) in [4.78, 5) is 10.3. The number of fused-ring (bicyclic) bond motifs is 1. The van der Waals surface area contributed by atoms with E-state index in [1.165, 1.54) is 10.7 Å². The number of hydrogen-bond donors (Lipinski definition) is 0. The largest absolute Gasteiger partial charge is 0.489 e. The summed E-state index contributed by atoms with van der Waals surface area (Å²) in [6.07, 6.45) is -0.221. The molecule has 0 bridgehead atoms. The van der Waals surface area contributed by atoms with Crippen molar-refractivity contribution < 1.29 is 19.1 Å². The predicted octanol–water partition coefficient (Wildman–Crippen LogP) is 3.35. The van der Waals surface area contributed by atoms with Crippen LogP contribution in [0.5, 0.6) is 11.6 Å². The molecule has 1 atom stereocenters. The van der Waals surface area contributed by atoms with Crippen LogP contribution in [-0.2, 0) is 24.5 Å². The van der Waals surface area contributed by atoms with Crippen LogP contribution in [0.3, 0.4) is 0 Å². The molecular formula is C20H19N3O5. The van der Waals surface area contributed by atoms with E-state index in [9.17, 15) is 10.1 Å². The van der Waals surface area contributed by atoms with Gasteiger partial charge in [-0.2, -0.15) is 0 Å². The van der Waals surface area contributed by atoms with Gasteiger partial charge in [0.2, 0.25) is 5.88 Å². The zero-order valence-corrected chi connectivity index (χ0v) is 15.1. The predicted molar refractivity (Wildman–Crippen MR) is 100 cm³/mol. The van der Waals surface area contributed by atoms with Crippen LogP contribution in [0.2, 0.25) is 0 Å². The molecular weight excluding hydrogens is 362 g/mol. The van der Waals surface area contributed by atoms with Crippen molar-refractivity contribution in [1.82, 2.24) is 9.78 Å². The van der Waals surface area contributed by atoms with E-state index in [0.717, 1.165) is 16.9 Å². The Hall–Kier alpha value is -3.39. The van der Waals surface area contributed by atoms with Gasteiger partial charge in [-0.15, -0.1) is 4.68 Å². The Balaban J connectivity index is 1.27. The van der Waals surface area contributed by atoms with Gasteiger partial charge in [-0.1, -0.05) is 42.5 Å². The summed E-state index contributed by atoms with van der Waals surface area (Å²) in [5.41, 5.74) is 2.12. The molecule has 3 aromatic rings. The quantitative estimate of drug-likeness (QED) is 0.461. The van der Waals surface area contributed by atoms with Crippen molar-refractivity contribution in [1.29, 1.82) is 0 Å². The van der Waals surface area contributed by atoms with Gasteiger partial charge in [0.25, 0.3) is 0 Å². The summed E-state index contributed by atoms with van der Waals surface area (Å²) < 4.78 is 18.6. The molecule has 1 unspecified atom stereocenters. The molecule has 8 nitrogen and oxygen atoms in total. The Morgan fingerprint density at radius 1 is 1.11 bits per heavy atom. The number of rotatable bonds is 7. The molecule has 2 heterocycles. The van der Waals surface area contributed by atoms with Crippen LogP contribution in [0, 0.1) is 10.1 Å². The van der Waals surface area contributed by atoms with E-state index in [4.69, 9.17) is 14.2 Å². The van der Waals surface area contributed by atoms with Gasteiger partial charge in [0.15, 0.2) is 0 Å². The highest BCUT2D eigenvalue weighted by molar-refractivity contribution is 5.28. The highest BCUT2D eigenvalue weighted by atomic mass is 16.6. The summed E-state index contributed by atoms with van der Waals surface area (Å²) in [7, 11) is 0. The standard InChI is InChI=1S/C20H19N3O5/c24-23(25)19-10-20-22(21-19)11-18(14-28-20)27-13-16-6-8-17(9-7-16)26-12-15-4-2-1-3-5-15/h1-10,18H,11-14H2. The van der Waals surface area contributed by atoms with E-state index in [0.29, 0.717) is 32.2 Å². The minimum atomic E-state index is -0.536. The molecule has 0 saturated heterocycles. The van der Waals surface area contributed by atoms with Crippen molar-refractivity contribution in [3.8, 4) is 11.6 Å². The van der Waals surface area contributed by atoms with Gasteiger partial charge >= 0.3 is 5.82 Å². The van der Waals surface area contributed by atoms with Crippen molar-refractivity contribution in [2.24, 2.45) is 0 Å². The zero-order chi connectivity index (χ0) is 19.3. The highest BCUT2D eigenvalue weighted by Crippen LogP contribution is 2.24. The number of ether oxygens (including phenoxy) is 3. The van der Waals surface area contributed by atoms with E-state index < -0.39 is 4.92 Å². The first kappa shape index (κ1) is 18.0. The topological polar surface area (TPSA) is 88.7 Å². The molecule has 1 aliphatic heterocycles. The molecule has 1 aromatic heterocycles. The van der Waals surface area contributed by atoms with Gasteiger partial charge in [0, 0.05) is 0 Å². The van der Waals surface area contributed by atoms with Crippen molar-refractivity contribution in [3.05, 3.63) is 81.9 Å². The first-order valence-electron chi connectivity index (χ1n) is 8.90. The van der Waals surface area contributed by atoms with Crippen molar-refractivity contribution >= 4 is 5.82 Å². The molecule has 0 amide bonds. The maximum Gasteiger partial charge on any atom is 0.393 e. The second-order valence-electron chi connectivity index (χ2n) is 6.44. The molecule has 0 fully saturated rings. The van der Waals surface area contributed by atoms with E-state index >= 15 is 0 Å². The lowest BCUT2D eigenvalue weighted by Crippen LogP contribution is -2.32. The Morgan fingerprint density at radius 3 is 2.61 bits per heavy atom. The van der Waals surface area contributed by atoms with Gasteiger partial charge in [-0.3, -0.25) is 0 Å². The van der Waals surface area contributed by atoms with Crippen LogP contribution in [-0.4, -0.2) is 27.4 Å². The van der Waals surface area contributed by atoms with Crippen molar-refractivity contribution in [2.75, 3.05) is 6.61 Å². The van der Waals surface area contributed by atoms with E-state index in [1.807, 2.05) is 54.6 Å². The van der Waals surface area contributed by atoms with Crippen LogP contribution >= 0.6 is 0 Å². The number of nitro groups is 1. The molecule has 0 N–H and O–H groups in total. The van der Waals surface area contributed by atoms with Crippen molar-refractivity contribution in [2.45, 2.75) is 25.9 Å². The summed E-state index contributed by atoms with van der Waals surface area (Å²) >= 11 is 0. The van der Waals surface area contributed by atoms with Gasteiger partial charge < -0.3 is 24.3 Å². The second kappa shape index (κ2) is 8.10. The second-order valence-corrected chi connectivity index (χ2v) is 6.44. The normalized spacial score (nSPS) is 15.5. The lowest BCUT2D eigenvalue weighted by Gasteiger charge is -2.22. The Morgan fingerprint density at radius 2 is 1.86 bits per heavy atom. The fourth-order valence-corrected chi connectivity index (χ4v) is 2.88. The molecule has 4 rings (SSSR count). The fourth-order valence-electron chi connectivity index (χ4n) is 2.88. The zero-order valence-electron chi connectivity index (χ0n) is 15.1. The lowest BCUT2D eigenvalue weighted by molar-refractivity contribution is -0.389. The number of aromatic nitrogens is 2. The molecule has 144 valence electrons. The maximum atomic E-state index is 10.8. The van der Waals surface area contributed by atoms with Gasteiger partial charge in [0.1, 0.15) is 31.1 Å². The van der Waals surface area contributed by atoms with Gasteiger partial charge in [-0.05, 0) is 28.2 Å². The summed E-state index contributed by atoms with van der Waals surface area (Å²) in [5.74, 6) is 0.968. The minimum absolute atomic E-state index is 0.221. The monoisotopic (exact) mass is 381 g/mol. The molecule has 1 aliphatic rings. The Kier molecular flexibility index (Phi) is 5.20. The Labute approximate surface area is 161 Å². The third-order valence-electron chi connectivity index (χ3n) is 4.37. The average Bonchev–Trinajstić information content (AvgIpc) is 3.16. The molecule has 0 aliphatic carbocycles. The lowest BCUT2D eigenvalue weighted by atomic mass is 10.2. The molecule has 0 radical (unpaired) electrons. The third-order valence-corrected chi connectivity index (χ3v) is 4.37. The first-order valence-corrected chi connectivity index (χ1v) is 8.90. The minimum Gasteiger partial charge on any atom is -0.489 e. The molecule has 2 aromatic carbocycles. The molecule has 0 saturated carbocycles. The van der Waals surface area contributed by atoms with Crippen LogP contribution < -0.4 is 9.47 Å². The van der Waals surface area contributed by atoms with Crippen molar-refractivity contribution in [3.63, 3.8) is 0 Å². The number of benzene rings is 2. The fraction of sp³-hybridized carbons (Fsp3) is 0.250. The summed E-state index contributed by atoms with van der Waals surface area (Å²) in [5, 5.41) is 14.7. The number of hydrogen-bond acceptors (Lipinski definition) is 6. The molecule has 0 spiro atoms. The van der Waals surface area contributed by atoms with Crippen LogP contribution in [0.25, 0.3) is 0 Å². The molecule has 8 heteroatoms. The van der Waals surface area contributed by atoms with E-state index in [2.05, 4.69) is 5.10 Å². The average molecular weight is 381 g/mol. The van der Waals surface area contributed by atoms with E-state index in [-0.39, 0.29) is 11.9 Å². The third kappa shape index (κ3) is 4.29. The van der Waals surface area contributed by atoms with Crippen LogP contribution in [0.15, 0.2) is 60.7 Å². The maximum absolute atomic E-state index is 10.8.